The Kier molecular flexibility index (Phi) is 4.43. The Bertz CT molecular complexity index is 303. The summed E-state index contributed by atoms with van der Waals surface area (Å²) in [5.74, 6) is 2.13. The molecule has 2 rings (SSSR count). The summed E-state index contributed by atoms with van der Waals surface area (Å²) < 4.78 is 5.63. The van der Waals surface area contributed by atoms with E-state index in [1.54, 1.807) is 0 Å². The van der Waals surface area contributed by atoms with Crippen molar-refractivity contribution in [2.45, 2.75) is 32.7 Å². The molecule has 1 fully saturated rings. The van der Waals surface area contributed by atoms with Gasteiger partial charge < -0.3 is 14.6 Å². The molecule has 0 aliphatic carbocycles. The van der Waals surface area contributed by atoms with Gasteiger partial charge in [0.1, 0.15) is 11.5 Å². The third kappa shape index (κ3) is 3.35. The maximum atomic E-state index is 5.63. The quantitative estimate of drug-likeness (QED) is 0.747. The smallest absolute Gasteiger partial charge is 0.117 e. The topological polar surface area (TPSA) is 28.4 Å². The molecule has 1 aliphatic heterocycles. The number of nitrogens with one attached hydrogen (secondary N) is 1. The molecule has 1 aromatic rings. The molecule has 0 aromatic carbocycles. The fourth-order valence-electron chi connectivity index (χ4n) is 2.16. The van der Waals surface area contributed by atoms with Crippen LogP contribution in [-0.4, -0.2) is 31.1 Å². The Hall–Kier alpha value is -0.800. The average Bonchev–Trinajstić information content (AvgIpc) is 2.95. The molecule has 0 amide bonds. The Balaban J connectivity index is 1.60. The van der Waals surface area contributed by atoms with Gasteiger partial charge in [0.15, 0.2) is 0 Å². The fraction of sp³-hybridized carbons (Fsp3) is 0.692. The third-order valence-electron chi connectivity index (χ3n) is 3.17. The molecule has 3 nitrogen and oxygen atoms in total. The molecule has 0 bridgehead atoms. The molecule has 1 aliphatic rings. The standard InChI is InChI=1S/C13H22N2O/c1-2-12-5-6-13(16-12)11-14-7-10-15-8-3-4-9-15/h5-6,14H,2-4,7-11H2,1H3. The minimum atomic E-state index is 0.855. The molecule has 2 heterocycles. The van der Waals surface area contributed by atoms with Gasteiger partial charge in [0, 0.05) is 19.5 Å². The lowest BCUT2D eigenvalue weighted by Gasteiger charge is -2.14. The van der Waals surface area contributed by atoms with Crippen LogP contribution < -0.4 is 5.32 Å². The summed E-state index contributed by atoms with van der Waals surface area (Å²) in [4.78, 5) is 2.52. The number of hydrogen-bond donors (Lipinski definition) is 1. The summed E-state index contributed by atoms with van der Waals surface area (Å²) in [5.41, 5.74) is 0. The number of hydrogen-bond acceptors (Lipinski definition) is 3. The molecule has 0 unspecified atom stereocenters. The summed E-state index contributed by atoms with van der Waals surface area (Å²) in [7, 11) is 0. The van der Waals surface area contributed by atoms with Crippen molar-refractivity contribution in [1.29, 1.82) is 0 Å². The van der Waals surface area contributed by atoms with Crippen molar-refractivity contribution in [3.8, 4) is 0 Å². The van der Waals surface area contributed by atoms with E-state index in [9.17, 15) is 0 Å². The molecular formula is C13H22N2O. The Morgan fingerprint density at radius 2 is 2.00 bits per heavy atom. The van der Waals surface area contributed by atoms with Crippen molar-refractivity contribution >= 4 is 0 Å². The predicted octanol–water partition coefficient (Wildman–Crippen LogP) is 2.03. The van der Waals surface area contributed by atoms with Crippen LogP contribution in [0.5, 0.6) is 0 Å². The minimum Gasteiger partial charge on any atom is -0.465 e. The highest BCUT2D eigenvalue weighted by molar-refractivity contribution is 5.06. The lowest BCUT2D eigenvalue weighted by atomic mass is 10.3. The second-order valence-electron chi connectivity index (χ2n) is 4.45. The first-order valence-corrected chi connectivity index (χ1v) is 6.39. The Morgan fingerprint density at radius 3 is 2.69 bits per heavy atom. The van der Waals surface area contributed by atoms with Crippen molar-refractivity contribution in [2.75, 3.05) is 26.2 Å². The van der Waals surface area contributed by atoms with Crippen molar-refractivity contribution in [3.05, 3.63) is 23.7 Å². The van der Waals surface area contributed by atoms with E-state index in [-0.39, 0.29) is 0 Å². The summed E-state index contributed by atoms with van der Waals surface area (Å²) in [6, 6.07) is 4.14. The molecule has 0 saturated carbocycles. The third-order valence-corrected chi connectivity index (χ3v) is 3.17. The second kappa shape index (κ2) is 6.06. The molecule has 90 valence electrons. The van der Waals surface area contributed by atoms with Gasteiger partial charge in [-0.2, -0.15) is 0 Å². The van der Waals surface area contributed by atoms with Crippen molar-refractivity contribution in [1.82, 2.24) is 10.2 Å². The van der Waals surface area contributed by atoms with E-state index in [2.05, 4.69) is 29.3 Å². The lowest BCUT2D eigenvalue weighted by Crippen LogP contribution is -2.29. The normalized spacial score (nSPS) is 17.1. The van der Waals surface area contributed by atoms with Gasteiger partial charge in [-0.1, -0.05) is 6.92 Å². The van der Waals surface area contributed by atoms with E-state index in [0.29, 0.717) is 0 Å². The first kappa shape index (κ1) is 11.7. The molecule has 16 heavy (non-hydrogen) atoms. The molecule has 0 atom stereocenters. The van der Waals surface area contributed by atoms with Crippen molar-refractivity contribution < 1.29 is 4.42 Å². The largest absolute Gasteiger partial charge is 0.465 e. The number of nitrogens with zero attached hydrogens (tertiary/aromatic N) is 1. The Morgan fingerprint density at radius 1 is 1.25 bits per heavy atom. The molecule has 0 radical (unpaired) electrons. The van der Waals surface area contributed by atoms with Crippen LogP contribution in [0.4, 0.5) is 0 Å². The molecule has 3 heteroatoms. The van der Waals surface area contributed by atoms with Crippen LogP contribution in [0.1, 0.15) is 31.3 Å². The summed E-state index contributed by atoms with van der Waals surface area (Å²) >= 11 is 0. The van der Waals surface area contributed by atoms with E-state index in [0.717, 1.165) is 31.0 Å². The van der Waals surface area contributed by atoms with Crippen molar-refractivity contribution in [3.63, 3.8) is 0 Å². The Labute approximate surface area is 97.8 Å². The van der Waals surface area contributed by atoms with Crippen molar-refractivity contribution in [2.24, 2.45) is 0 Å². The molecule has 1 N–H and O–H groups in total. The van der Waals surface area contributed by atoms with E-state index >= 15 is 0 Å². The zero-order valence-electron chi connectivity index (χ0n) is 10.2. The monoisotopic (exact) mass is 222 g/mol. The zero-order chi connectivity index (χ0) is 11.2. The zero-order valence-corrected chi connectivity index (χ0v) is 10.2. The maximum absolute atomic E-state index is 5.63. The van der Waals surface area contributed by atoms with Gasteiger partial charge in [0.25, 0.3) is 0 Å². The van der Waals surface area contributed by atoms with Gasteiger partial charge in [-0.05, 0) is 38.1 Å². The fourth-order valence-corrected chi connectivity index (χ4v) is 2.16. The number of aryl methyl sites for hydroxylation is 1. The van der Waals surface area contributed by atoms with Gasteiger partial charge in [-0.3, -0.25) is 0 Å². The first-order chi connectivity index (χ1) is 7.88. The van der Waals surface area contributed by atoms with Crippen LogP contribution in [0.25, 0.3) is 0 Å². The first-order valence-electron chi connectivity index (χ1n) is 6.39. The van der Waals surface area contributed by atoms with Crippen LogP contribution in [0.15, 0.2) is 16.5 Å². The highest BCUT2D eigenvalue weighted by Gasteiger charge is 2.10. The van der Waals surface area contributed by atoms with Crippen LogP contribution in [0.2, 0.25) is 0 Å². The van der Waals surface area contributed by atoms with E-state index in [4.69, 9.17) is 4.42 Å². The van der Waals surface area contributed by atoms with E-state index < -0.39 is 0 Å². The van der Waals surface area contributed by atoms with Crippen LogP contribution in [-0.2, 0) is 13.0 Å². The number of furan rings is 1. The van der Waals surface area contributed by atoms with E-state index in [1.165, 1.54) is 32.5 Å². The van der Waals surface area contributed by atoms with Crippen LogP contribution in [0, 0.1) is 0 Å². The van der Waals surface area contributed by atoms with Gasteiger partial charge >= 0.3 is 0 Å². The average molecular weight is 222 g/mol. The highest BCUT2D eigenvalue weighted by Crippen LogP contribution is 2.08. The SMILES string of the molecule is CCc1ccc(CNCCN2CCCC2)o1. The van der Waals surface area contributed by atoms with Gasteiger partial charge in [-0.25, -0.2) is 0 Å². The van der Waals surface area contributed by atoms with Gasteiger partial charge in [-0.15, -0.1) is 0 Å². The van der Waals surface area contributed by atoms with Crippen LogP contribution in [0.3, 0.4) is 0 Å². The lowest BCUT2D eigenvalue weighted by molar-refractivity contribution is 0.332. The molecular weight excluding hydrogens is 200 g/mol. The number of rotatable bonds is 6. The predicted molar refractivity (Wildman–Crippen MR) is 65.5 cm³/mol. The highest BCUT2D eigenvalue weighted by atomic mass is 16.3. The molecule has 0 spiro atoms. The maximum Gasteiger partial charge on any atom is 0.117 e. The minimum absolute atomic E-state index is 0.855. The summed E-state index contributed by atoms with van der Waals surface area (Å²) in [6.07, 6.45) is 3.73. The second-order valence-corrected chi connectivity index (χ2v) is 4.45. The molecule has 1 aromatic heterocycles. The van der Waals surface area contributed by atoms with Gasteiger partial charge in [0.2, 0.25) is 0 Å². The van der Waals surface area contributed by atoms with Gasteiger partial charge in [0.05, 0.1) is 6.54 Å². The van der Waals surface area contributed by atoms with E-state index in [1.807, 2.05) is 0 Å². The number of likely N-dealkylation sites (tertiary alicyclic amines) is 1. The molecule has 1 saturated heterocycles. The summed E-state index contributed by atoms with van der Waals surface area (Å²) in [5, 5.41) is 3.43. The van der Waals surface area contributed by atoms with Crippen LogP contribution >= 0.6 is 0 Å². The summed E-state index contributed by atoms with van der Waals surface area (Å²) in [6.45, 7) is 7.76.